The molecule has 0 amide bonds. The smallest absolute Gasteiger partial charge is 0.197 e. The molecule has 3 aliphatic rings. The van der Waals surface area contributed by atoms with Crippen LogP contribution in [0.25, 0.3) is 22.3 Å². The highest BCUT2D eigenvalue weighted by molar-refractivity contribution is 5.92. The average Bonchev–Trinajstić information content (AvgIpc) is 3.12. The summed E-state index contributed by atoms with van der Waals surface area (Å²) in [5.41, 5.74) is -2.81. The van der Waals surface area contributed by atoms with Crippen LogP contribution >= 0.6 is 0 Å². The SMILES string of the molecule is CC1OC(OC2C(c3c(O)c(C4OC(CO)C(O)C(O)C4O)c(O)c4c(=O)cc(-c5ccc(O)cc5)oc34)OC(CO)C(O)C2O)C(O)C(O)C1O. The summed E-state index contributed by atoms with van der Waals surface area (Å²) < 4.78 is 29.0. The second-order valence-electron chi connectivity index (χ2n) is 13.0. The van der Waals surface area contributed by atoms with E-state index >= 15 is 0 Å². The number of ether oxygens (including phenoxy) is 4. The molecule has 15 atom stereocenters. The number of aromatic hydroxyl groups is 3. The van der Waals surface area contributed by atoms with E-state index in [9.17, 15) is 71.2 Å². The molecule has 3 saturated heterocycles. The topological polar surface area (TPSA) is 330 Å². The van der Waals surface area contributed by atoms with Crippen LogP contribution in [0.3, 0.4) is 0 Å². The van der Waals surface area contributed by atoms with Crippen LogP contribution in [0.5, 0.6) is 17.2 Å². The number of fused-ring (bicyclic) bond motifs is 1. The number of benzene rings is 2. The van der Waals surface area contributed by atoms with E-state index in [2.05, 4.69) is 0 Å². The van der Waals surface area contributed by atoms with Crippen molar-refractivity contribution < 1.29 is 89.7 Å². The first kappa shape index (κ1) is 38.2. The lowest BCUT2D eigenvalue weighted by Crippen LogP contribution is -2.61. The number of phenolic OH excluding ortho intramolecular Hbond substituents is 3. The van der Waals surface area contributed by atoms with Crippen LogP contribution in [0.4, 0.5) is 0 Å². The summed E-state index contributed by atoms with van der Waals surface area (Å²) in [4.78, 5) is 13.9. The second kappa shape index (κ2) is 14.7. The van der Waals surface area contributed by atoms with E-state index in [1.807, 2.05) is 0 Å². The van der Waals surface area contributed by atoms with Gasteiger partial charge in [0, 0.05) is 11.6 Å². The van der Waals surface area contributed by atoms with Crippen molar-refractivity contribution in [3.05, 3.63) is 51.7 Å². The first-order valence-electron chi connectivity index (χ1n) is 16.2. The zero-order valence-corrected chi connectivity index (χ0v) is 27.2. The molecule has 1 aromatic heterocycles. The third-order valence-corrected chi connectivity index (χ3v) is 9.77. The van der Waals surface area contributed by atoms with Crippen molar-refractivity contribution in [1.29, 1.82) is 0 Å². The van der Waals surface area contributed by atoms with E-state index in [0.717, 1.165) is 6.07 Å². The lowest BCUT2D eigenvalue weighted by Gasteiger charge is -2.46. The van der Waals surface area contributed by atoms with E-state index in [4.69, 9.17) is 23.4 Å². The van der Waals surface area contributed by atoms with Gasteiger partial charge in [-0.15, -0.1) is 0 Å². The Bertz CT molecular complexity index is 1800. The van der Waals surface area contributed by atoms with Gasteiger partial charge in [0.15, 0.2) is 17.3 Å². The fourth-order valence-electron chi connectivity index (χ4n) is 6.80. The molecule has 0 bridgehead atoms. The monoisotopic (exact) mass is 740 g/mol. The molecule has 4 heterocycles. The summed E-state index contributed by atoms with van der Waals surface area (Å²) in [6.45, 7) is -0.511. The highest BCUT2D eigenvalue weighted by Gasteiger charge is 2.53. The minimum atomic E-state index is -2.11. The normalized spacial score (nSPS) is 38.4. The minimum absolute atomic E-state index is 0.135. The lowest BCUT2D eigenvalue weighted by molar-refractivity contribution is -0.338. The van der Waals surface area contributed by atoms with Gasteiger partial charge >= 0.3 is 0 Å². The van der Waals surface area contributed by atoms with Crippen LogP contribution < -0.4 is 5.43 Å². The molecular formula is C33H40O19. The zero-order chi connectivity index (χ0) is 37.9. The Balaban J connectivity index is 1.61. The third kappa shape index (κ3) is 6.41. The Morgan fingerprint density at radius 2 is 1.23 bits per heavy atom. The Labute approximate surface area is 292 Å². The molecule has 0 radical (unpaired) electrons. The fraction of sp³-hybridized carbons (Fsp3) is 0.545. The van der Waals surface area contributed by atoms with Gasteiger partial charge in [-0.2, -0.15) is 0 Å². The highest BCUT2D eigenvalue weighted by Crippen LogP contribution is 2.51. The highest BCUT2D eigenvalue weighted by atomic mass is 16.7. The largest absolute Gasteiger partial charge is 0.508 e. The van der Waals surface area contributed by atoms with Gasteiger partial charge in [0.25, 0.3) is 0 Å². The predicted octanol–water partition coefficient (Wildman–Crippen LogP) is -3.54. The van der Waals surface area contributed by atoms with Crippen molar-refractivity contribution in [2.75, 3.05) is 13.2 Å². The molecule has 3 fully saturated rings. The predicted molar refractivity (Wildman–Crippen MR) is 170 cm³/mol. The third-order valence-electron chi connectivity index (χ3n) is 9.77. The van der Waals surface area contributed by atoms with Gasteiger partial charge in [-0.05, 0) is 31.2 Å². The molecule has 13 N–H and O–H groups in total. The molecule has 0 spiro atoms. The molecule has 19 nitrogen and oxygen atoms in total. The van der Waals surface area contributed by atoms with Gasteiger partial charge in [-0.25, -0.2) is 0 Å². The van der Waals surface area contributed by atoms with Crippen LogP contribution in [0.15, 0.2) is 39.5 Å². The maximum atomic E-state index is 13.9. The van der Waals surface area contributed by atoms with Crippen molar-refractivity contribution in [3.63, 3.8) is 0 Å². The summed E-state index contributed by atoms with van der Waals surface area (Å²) in [6, 6.07) is 6.23. The summed E-state index contributed by atoms with van der Waals surface area (Å²) in [7, 11) is 0. The van der Waals surface area contributed by atoms with Gasteiger partial charge in [0.05, 0.1) is 30.4 Å². The van der Waals surface area contributed by atoms with Crippen molar-refractivity contribution in [1.82, 2.24) is 0 Å². The zero-order valence-electron chi connectivity index (χ0n) is 27.2. The van der Waals surface area contributed by atoms with Gasteiger partial charge < -0.3 is 89.7 Å². The number of phenols is 3. The minimum Gasteiger partial charge on any atom is -0.508 e. The van der Waals surface area contributed by atoms with Crippen LogP contribution in [0, 0.1) is 0 Å². The van der Waals surface area contributed by atoms with E-state index in [1.165, 1.54) is 31.2 Å². The second-order valence-corrected chi connectivity index (χ2v) is 13.0. The maximum Gasteiger partial charge on any atom is 0.197 e. The Hall–Kier alpha value is -3.51. The molecule has 6 rings (SSSR count). The molecule has 2 aromatic carbocycles. The molecule has 286 valence electrons. The van der Waals surface area contributed by atoms with E-state index in [-0.39, 0.29) is 17.1 Å². The van der Waals surface area contributed by atoms with Gasteiger partial charge in [0.1, 0.15) is 108 Å². The summed E-state index contributed by atoms with van der Waals surface area (Å²) in [6.07, 6.45) is -27.3. The first-order chi connectivity index (χ1) is 24.6. The van der Waals surface area contributed by atoms with Gasteiger partial charge in [-0.1, -0.05) is 0 Å². The first-order valence-corrected chi connectivity index (χ1v) is 16.2. The van der Waals surface area contributed by atoms with Gasteiger partial charge in [0.2, 0.25) is 0 Å². The summed E-state index contributed by atoms with van der Waals surface area (Å²) >= 11 is 0. The number of aliphatic hydroxyl groups is 10. The van der Waals surface area contributed by atoms with Crippen LogP contribution in [-0.2, 0) is 18.9 Å². The van der Waals surface area contributed by atoms with E-state index < -0.39 is 144 Å². The number of aliphatic hydroxyl groups excluding tert-OH is 10. The molecule has 0 saturated carbocycles. The molecule has 19 heteroatoms. The number of hydrogen-bond acceptors (Lipinski definition) is 19. The average molecular weight is 741 g/mol. The molecule has 3 aromatic rings. The summed E-state index contributed by atoms with van der Waals surface area (Å²) in [5, 5.41) is 138. The van der Waals surface area contributed by atoms with E-state index in [1.54, 1.807) is 0 Å². The molecule has 0 aliphatic carbocycles. The standard InChI is InChI=1S/C33H40O19/c1-9-19(38)24(43)28(47)33(48-9)52-32-26(45)21(40)15(8-35)51-31(32)18-23(42)17(30-27(46)25(44)20(39)14(7-34)50-30)22(41)16-12(37)6-13(49-29(16)18)10-2-4-11(36)5-3-10/h2-6,9,14-15,19-21,24-28,30-36,38-47H,7-8H2,1H3. The summed E-state index contributed by atoms with van der Waals surface area (Å²) in [5.74, 6) is -2.45. The van der Waals surface area contributed by atoms with Crippen LogP contribution in [0.2, 0.25) is 0 Å². The molecular weight excluding hydrogens is 700 g/mol. The Morgan fingerprint density at radius 3 is 1.85 bits per heavy atom. The molecule has 52 heavy (non-hydrogen) atoms. The van der Waals surface area contributed by atoms with Crippen LogP contribution in [0.1, 0.15) is 30.3 Å². The Morgan fingerprint density at radius 1 is 0.654 bits per heavy atom. The fourth-order valence-corrected chi connectivity index (χ4v) is 6.80. The molecule has 3 aliphatic heterocycles. The number of hydrogen-bond donors (Lipinski definition) is 13. The molecule has 15 unspecified atom stereocenters. The van der Waals surface area contributed by atoms with Crippen molar-refractivity contribution in [2.24, 2.45) is 0 Å². The number of rotatable bonds is 7. The van der Waals surface area contributed by atoms with Crippen molar-refractivity contribution >= 4 is 11.0 Å². The lowest BCUT2D eigenvalue weighted by atomic mass is 9.84. The van der Waals surface area contributed by atoms with Crippen LogP contribution in [-0.4, -0.2) is 159 Å². The van der Waals surface area contributed by atoms with Crippen molar-refractivity contribution in [3.8, 4) is 28.6 Å². The van der Waals surface area contributed by atoms with Gasteiger partial charge in [-0.3, -0.25) is 4.79 Å². The quantitative estimate of drug-likeness (QED) is 0.112. The van der Waals surface area contributed by atoms with Crippen molar-refractivity contribution in [2.45, 2.75) is 98.7 Å². The maximum absolute atomic E-state index is 13.9. The van der Waals surface area contributed by atoms with E-state index in [0.29, 0.717) is 0 Å². The Kier molecular flexibility index (Phi) is 10.8.